The highest BCUT2D eigenvalue weighted by molar-refractivity contribution is 7.89. The minimum Gasteiger partial charge on any atom is -0.495 e. The molecule has 2 aliphatic heterocycles. The highest BCUT2D eigenvalue weighted by atomic mass is 32.2. The predicted octanol–water partition coefficient (Wildman–Crippen LogP) is 0.666. The minimum atomic E-state index is -3.66. The Morgan fingerprint density at radius 2 is 1.97 bits per heavy atom. The third-order valence-electron chi connectivity index (χ3n) is 5.56. The Morgan fingerprint density at radius 3 is 2.62 bits per heavy atom. The van der Waals surface area contributed by atoms with E-state index in [1.165, 1.54) is 29.6 Å². The van der Waals surface area contributed by atoms with Gasteiger partial charge in [0.15, 0.2) is 0 Å². The van der Waals surface area contributed by atoms with E-state index in [9.17, 15) is 18.0 Å². The van der Waals surface area contributed by atoms with Crippen molar-refractivity contribution in [3.63, 3.8) is 0 Å². The second kappa shape index (κ2) is 7.92. The van der Waals surface area contributed by atoms with Crippen molar-refractivity contribution >= 4 is 27.5 Å². The molecule has 2 heterocycles. The van der Waals surface area contributed by atoms with Gasteiger partial charge < -0.3 is 19.7 Å². The highest BCUT2D eigenvalue weighted by Gasteiger charge is 2.41. The molecule has 3 fully saturated rings. The normalized spacial score (nSPS) is 23.3. The second-order valence-electron chi connectivity index (χ2n) is 7.55. The molecule has 0 aromatic heterocycles. The number of benzene rings is 1. The Bertz CT molecular complexity index is 909. The standard InChI is InChI=1S/C19H25N3O6S/c1-27-17-11-15(29(25,26)21-6-8-28-9-7-21)4-5-16(17)20-19(24)13-10-18(23)22(12-13)14-2-3-14/h4-5,11,13-14H,2-3,6-10,12H2,1H3,(H,20,24). The van der Waals surface area contributed by atoms with Crippen LogP contribution in [-0.4, -0.2) is 75.4 Å². The third-order valence-corrected chi connectivity index (χ3v) is 7.45. The van der Waals surface area contributed by atoms with E-state index in [4.69, 9.17) is 9.47 Å². The molecule has 0 radical (unpaired) electrons. The van der Waals surface area contributed by atoms with Crippen LogP contribution in [0.3, 0.4) is 0 Å². The van der Waals surface area contributed by atoms with Gasteiger partial charge in [-0.3, -0.25) is 9.59 Å². The molecular formula is C19H25N3O6S. The zero-order chi connectivity index (χ0) is 20.6. The number of ether oxygens (including phenoxy) is 2. The molecule has 158 valence electrons. The molecule has 9 nitrogen and oxygen atoms in total. The number of carbonyl (C=O) groups excluding carboxylic acids is 2. The van der Waals surface area contributed by atoms with Gasteiger partial charge in [-0.1, -0.05) is 0 Å². The summed E-state index contributed by atoms with van der Waals surface area (Å²) in [6.45, 7) is 1.76. The second-order valence-corrected chi connectivity index (χ2v) is 9.48. The lowest BCUT2D eigenvalue weighted by Gasteiger charge is -2.26. The molecule has 2 saturated heterocycles. The molecule has 29 heavy (non-hydrogen) atoms. The van der Waals surface area contributed by atoms with Crippen molar-refractivity contribution in [3.8, 4) is 5.75 Å². The van der Waals surface area contributed by atoms with Crippen LogP contribution in [0.25, 0.3) is 0 Å². The first-order valence-electron chi connectivity index (χ1n) is 9.76. The molecule has 3 aliphatic rings. The molecular weight excluding hydrogens is 398 g/mol. The van der Waals surface area contributed by atoms with Gasteiger partial charge in [0.05, 0.1) is 36.8 Å². The number of morpholine rings is 1. The lowest BCUT2D eigenvalue weighted by atomic mass is 10.1. The Labute approximate surface area is 170 Å². The van der Waals surface area contributed by atoms with E-state index in [1.807, 2.05) is 0 Å². The maximum atomic E-state index is 12.8. The smallest absolute Gasteiger partial charge is 0.243 e. The highest BCUT2D eigenvalue weighted by Crippen LogP contribution is 2.34. The van der Waals surface area contributed by atoms with Gasteiger partial charge in [-0.05, 0) is 25.0 Å². The average Bonchev–Trinajstić information content (AvgIpc) is 3.50. The Morgan fingerprint density at radius 1 is 1.24 bits per heavy atom. The molecule has 1 aromatic rings. The van der Waals surface area contributed by atoms with Crippen LogP contribution in [0.1, 0.15) is 19.3 Å². The Balaban J connectivity index is 1.48. The van der Waals surface area contributed by atoms with Crippen LogP contribution in [0.5, 0.6) is 5.75 Å². The van der Waals surface area contributed by atoms with Gasteiger partial charge in [0.2, 0.25) is 21.8 Å². The lowest BCUT2D eigenvalue weighted by molar-refractivity contribution is -0.128. The summed E-state index contributed by atoms with van der Waals surface area (Å²) in [6.07, 6.45) is 2.22. The number of carbonyl (C=O) groups is 2. The van der Waals surface area contributed by atoms with Crippen molar-refractivity contribution < 1.29 is 27.5 Å². The fourth-order valence-electron chi connectivity index (χ4n) is 3.75. The first kappa shape index (κ1) is 20.1. The number of nitrogens with one attached hydrogen (secondary N) is 1. The number of nitrogens with zero attached hydrogens (tertiary/aromatic N) is 2. The van der Waals surface area contributed by atoms with Crippen molar-refractivity contribution in [2.24, 2.45) is 5.92 Å². The maximum absolute atomic E-state index is 12.8. The van der Waals surface area contributed by atoms with Crippen molar-refractivity contribution in [1.29, 1.82) is 0 Å². The van der Waals surface area contributed by atoms with E-state index in [-0.39, 0.29) is 28.9 Å². The number of likely N-dealkylation sites (tertiary alicyclic amines) is 1. The summed E-state index contributed by atoms with van der Waals surface area (Å²) in [5, 5.41) is 2.79. The van der Waals surface area contributed by atoms with E-state index < -0.39 is 15.9 Å². The number of rotatable bonds is 6. The molecule has 1 N–H and O–H groups in total. The van der Waals surface area contributed by atoms with Gasteiger partial charge in [-0.25, -0.2) is 8.42 Å². The first-order valence-corrected chi connectivity index (χ1v) is 11.2. The van der Waals surface area contributed by atoms with Crippen LogP contribution in [0.4, 0.5) is 5.69 Å². The number of hydrogen-bond donors (Lipinski definition) is 1. The topological polar surface area (TPSA) is 105 Å². The molecule has 0 spiro atoms. The number of sulfonamides is 1. The van der Waals surface area contributed by atoms with Gasteiger partial charge in [0.1, 0.15) is 5.75 Å². The predicted molar refractivity (Wildman–Crippen MR) is 104 cm³/mol. The molecule has 1 saturated carbocycles. The Kier molecular flexibility index (Phi) is 5.50. The van der Waals surface area contributed by atoms with Crippen LogP contribution >= 0.6 is 0 Å². The van der Waals surface area contributed by atoms with Crippen molar-refractivity contribution in [1.82, 2.24) is 9.21 Å². The summed E-state index contributed by atoms with van der Waals surface area (Å²) in [7, 11) is -2.24. The van der Waals surface area contributed by atoms with Gasteiger partial charge in [0.25, 0.3) is 0 Å². The average molecular weight is 423 g/mol. The van der Waals surface area contributed by atoms with Crippen LogP contribution < -0.4 is 10.1 Å². The first-order chi connectivity index (χ1) is 13.9. The SMILES string of the molecule is COc1cc(S(=O)(=O)N2CCOCC2)ccc1NC(=O)C1CC(=O)N(C2CC2)C1. The summed E-state index contributed by atoms with van der Waals surface area (Å²) in [4.78, 5) is 26.6. The Hall–Kier alpha value is -2.17. The molecule has 2 amide bonds. The van der Waals surface area contributed by atoms with Gasteiger partial charge in [-0.2, -0.15) is 4.31 Å². The van der Waals surface area contributed by atoms with E-state index in [0.29, 0.717) is 44.6 Å². The minimum absolute atomic E-state index is 0.0200. The molecule has 0 bridgehead atoms. The molecule has 4 rings (SSSR count). The zero-order valence-electron chi connectivity index (χ0n) is 16.3. The maximum Gasteiger partial charge on any atom is 0.243 e. The van der Waals surface area contributed by atoms with E-state index in [1.54, 1.807) is 4.90 Å². The number of methoxy groups -OCH3 is 1. The summed E-state index contributed by atoms with van der Waals surface area (Å²) in [5.41, 5.74) is 0.385. The monoisotopic (exact) mass is 423 g/mol. The largest absolute Gasteiger partial charge is 0.495 e. The summed E-state index contributed by atoms with van der Waals surface area (Å²) in [6, 6.07) is 4.69. The molecule has 1 aromatic carbocycles. The third kappa shape index (κ3) is 4.10. The van der Waals surface area contributed by atoms with Gasteiger partial charge >= 0.3 is 0 Å². The van der Waals surface area contributed by atoms with Crippen molar-refractivity contribution in [2.75, 3.05) is 45.3 Å². The molecule has 1 aliphatic carbocycles. The number of hydrogen-bond acceptors (Lipinski definition) is 6. The van der Waals surface area contributed by atoms with Crippen molar-refractivity contribution in [2.45, 2.75) is 30.2 Å². The fourth-order valence-corrected chi connectivity index (χ4v) is 5.18. The lowest BCUT2D eigenvalue weighted by Crippen LogP contribution is -2.40. The van der Waals surface area contributed by atoms with E-state index >= 15 is 0 Å². The van der Waals surface area contributed by atoms with Crippen molar-refractivity contribution in [3.05, 3.63) is 18.2 Å². The van der Waals surface area contributed by atoms with Gasteiger partial charge in [0, 0.05) is 38.2 Å². The molecule has 1 unspecified atom stereocenters. The fraction of sp³-hybridized carbons (Fsp3) is 0.579. The number of anilines is 1. The van der Waals surface area contributed by atoms with Crippen LogP contribution in [-0.2, 0) is 24.3 Å². The van der Waals surface area contributed by atoms with Crippen LogP contribution in [0, 0.1) is 5.92 Å². The zero-order valence-corrected chi connectivity index (χ0v) is 17.1. The van der Waals surface area contributed by atoms with Crippen LogP contribution in [0.2, 0.25) is 0 Å². The summed E-state index contributed by atoms with van der Waals surface area (Å²) >= 11 is 0. The van der Waals surface area contributed by atoms with E-state index in [0.717, 1.165) is 12.8 Å². The van der Waals surface area contributed by atoms with Gasteiger partial charge in [-0.15, -0.1) is 0 Å². The number of amides is 2. The molecule has 10 heteroatoms. The molecule has 1 atom stereocenters. The van der Waals surface area contributed by atoms with Crippen LogP contribution in [0.15, 0.2) is 23.1 Å². The quantitative estimate of drug-likeness (QED) is 0.721. The summed E-state index contributed by atoms with van der Waals surface area (Å²) in [5.74, 6) is -0.393. The summed E-state index contributed by atoms with van der Waals surface area (Å²) < 4.78 is 37.6. The van der Waals surface area contributed by atoms with E-state index in [2.05, 4.69) is 5.32 Å².